The molecular formula is C11H22O6. The molecule has 1 rings (SSSR count). The second-order valence-corrected chi connectivity index (χ2v) is 4.52. The largest absolute Gasteiger partial charge is 0.394 e. The lowest BCUT2D eigenvalue weighted by molar-refractivity contribution is -0.181. The Hall–Kier alpha value is -0.240. The Kier molecular flexibility index (Phi) is 5.30. The number of hydrogen-bond donors (Lipinski definition) is 2. The Labute approximate surface area is 101 Å². The first-order valence-corrected chi connectivity index (χ1v) is 5.61. The molecule has 6 nitrogen and oxygen atoms in total. The van der Waals surface area contributed by atoms with Crippen LogP contribution in [0.3, 0.4) is 0 Å². The lowest BCUT2D eigenvalue weighted by atomic mass is 10.0. The van der Waals surface area contributed by atoms with Gasteiger partial charge in [0.05, 0.1) is 13.2 Å². The summed E-state index contributed by atoms with van der Waals surface area (Å²) in [4.78, 5) is 0. The highest BCUT2D eigenvalue weighted by Gasteiger charge is 2.42. The highest BCUT2D eigenvalue weighted by Crippen LogP contribution is 2.27. The third-order valence-electron chi connectivity index (χ3n) is 2.83. The number of methoxy groups -OCH3 is 2. The van der Waals surface area contributed by atoms with E-state index < -0.39 is 30.7 Å². The standard InChI is InChI=1S/C11H22O6/c1-11(2)16-6-8(17-11)10(15-4)9(14-3)7(13)5-12/h7-10,12-13H,5-6H2,1-4H3/t7-,8-,9-,10-/m1/s1. The lowest BCUT2D eigenvalue weighted by Gasteiger charge is -2.31. The van der Waals surface area contributed by atoms with Crippen LogP contribution in [-0.4, -0.2) is 67.8 Å². The molecule has 0 unspecified atom stereocenters. The summed E-state index contributed by atoms with van der Waals surface area (Å²) in [6.07, 6.45) is -2.50. The first kappa shape index (κ1) is 14.8. The Morgan fingerprint density at radius 3 is 2.35 bits per heavy atom. The van der Waals surface area contributed by atoms with Crippen LogP contribution >= 0.6 is 0 Å². The number of aliphatic hydroxyl groups is 2. The van der Waals surface area contributed by atoms with Crippen molar-refractivity contribution in [3.63, 3.8) is 0 Å². The molecule has 1 fully saturated rings. The quantitative estimate of drug-likeness (QED) is 0.663. The van der Waals surface area contributed by atoms with Gasteiger partial charge in [0.1, 0.15) is 24.4 Å². The molecule has 0 aromatic heterocycles. The average Bonchev–Trinajstić information content (AvgIpc) is 2.65. The molecule has 0 aromatic carbocycles. The van der Waals surface area contributed by atoms with E-state index in [1.54, 1.807) is 0 Å². The molecule has 17 heavy (non-hydrogen) atoms. The van der Waals surface area contributed by atoms with E-state index in [1.807, 2.05) is 13.8 Å². The molecule has 0 spiro atoms. The van der Waals surface area contributed by atoms with Gasteiger partial charge in [-0.1, -0.05) is 0 Å². The van der Waals surface area contributed by atoms with Crippen molar-refractivity contribution < 1.29 is 29.2 Å². The normalized spacial score (nSPS) is 28.9. The summed E-state index contributed by atoms with van der Waals surface area (Å²) in [6, 6.07) is 0. The van der Waals surface area contributed by atoms with Crippen molar-refractivity contribution in [2.45, 2.75) is 44.1 Å². The summed E-state index contributed by atoms with van der Waals surface area (Å²) in [5.41, 5.74) is 0. The van der Waals surface area contributed by atoms with Crippen molar-refractivity contribution in [3.8, 4) is 0 Å². The predicted molar refractivity (Wildman–Crippen MR) is 59.6 cm³/mol. The van der Waals surface area contributed by atoms with Crippen LogP contribution in [0.25, 0.3) is 0 Å². The van der Waals surface area contributed by atoms with Gasteiger partial charge in [0, 0.05) is 14.2 Å². The van der Waals surface area contributed by atoms with Crippen LogP contribution in [0.2, 0.25) is 0 Å². The minimum atomic E-state index is -1.02. The van der Waals surface area contributed by atoms with E-state index >= 15 is 0 Å². The molecular weight excluding hydrogens is 228 g/mol. The van der Waals surface area contributed by atoms with Gasteiger partial charge in [-0.3, -0.25) is 0 Å². The van der Waals surface area contributed by atoms with Crippen molar-refractivity contribution >= 4 is 0 Å². The van der Waals surface area contributed by atoms with E-state index in [-0.39, 0.29) is 6.10 Å². The molecule has 1 aliphatic rings. The Bertz CT molecular complexity index is 232. The molecule has 0 saturated carbocycles. The number of hydrogen-bond acceptors (Lipinski definition) is 6. The molecule has 102 valence electrons. The first-order chi connectivity index (χ1) is 7.95. The summed E-state index contributed by atoms with van der Waals surface area (Å²) in [5, 5.41) is 18.6. The van der Waals surface area contributed by atoms with Gasteiger partial charge in [0.2, 0.25) is 0 Å². The zero-order valence-electron chi connectivity index (χ0n) is 10.8. The zero-order valence-corrected chi connectivity index (χ0v) is 10.8. The smallest absolute Gasteiger partial charge is 0.163 e. The molecule has 1 aliphatic heterocycles. The van der Waals surface area contributed by atoms with Crippen molar-refractivity contribution in [1.82, 2.24) is 0 Å². The third-order valence-corrected chi connectivity index (χ3v) is 2.83. The van der Waals surface area contributed by atoms with Crippen molar-refractivity contribution in [3.05, 3.63) is 0 Å². The van der Waals surface area contributed by atoms with E-state index in [1.165, 1.54) is 14.2 Å². The first-order valence-electron chi connectivity index (χ1n) is 5.61. The van der Waals surface area contributed by atoms with Crippen LogP contribution in [0.5, 0.6) is 0 Å². The minimum Gasteiger partial charge on any atom is -0.394 e. The van der Waals surface area contributed by atoms with Crippen molar-refractivity contribution in [2.75, 3.05) is 27.4 Å². The van der Waals surface area contributed by atoms with Gasteiger partial charge >= 0.3 is 0 Å². The van der Waals surface area contributed by atoms with Gasteiger partial charge in [-0.15, -0.1) is 0 Å². The topological polar surface area (TPSA) is 77.4 Å². The second kappa shape index (κ2) is 6.08. The Morgan fingerprint density at radius 2 is 2.00 bits per heavy atom. The van der Waals surface area contributed by atoms with Crippen molar-refractivity contribution in [1.29, 1.82) is 0 Å². The molecule has 1 saturated heterocycles. The maximum absolute atomic E-state index is 9.66. The maximum atomic E-state index is 9.66. The lowest BCUT2D eigenvalue weighted by Crippen LogP contribution is -2.49. The van der Waals surface area contributed by atoms with Gasteiger partial charge in [-0.25, -0.2) is 0 Å². The summed E-state index contributed by atoms with van der Waals surface area (Å²) in [6.45, 7) is 3.59. The number of rotatable bonds is 6. The van der Waals surface area contributed by atoms with E-state index in [0.717, 1.165) is 0 Å². The third kappa shape index (κ3) is 3.61. The fourth-order valence-corrected chi connectivity index (χ4v) is 1.99. The van der Waals surface area contributed by atoms with Crippen LogP contribution in [-0.2, 0) is 18.9 Å². The van der Waals surface area contributed by atoms with Gasteiger partial charge in [-0.2, -0.15) is 0 Å². The van der Waals surface area contributed by atoms with Crippen LogP contribution in [0.15, 0.2) is 0 Å². The SMILES string of the molecule is CO[C@@H]([C@H](OC)[C@H]1COC(C)(C)O1)[C@H](O)CO. The van der Waals surface area contributed by atoms with Crippen LogP contribution in [0.4, 0.5) is 0 Å². The van der Waals surface area contributed by atoms with Crippen molar-refractivity contribution in [2.24, 2.45) is 0 Å². The molecule has 1 heterocycles. The molecule has 0 aromatic rings. The highest BCUT2D eigenvalue weighted by molar-refractivity contribution is 4.87. The van der Waals surface area contributed by atoms with E-state index in [0.29, 0.717) is 6.61 Å². The second-order valence-electron chi connectivity index (χ2n) is 4.52. The summed E-state index contributed by atoms with van der Waals surface area (Å²) < 4.78 is 21.6. The Morgan fingerprint density at radius 1 is 1.35 bits per heavy atom. The molecule has 0 bridgehead atoms. The summed E-state index contributed by atoms with van der Waals surface area (Å²) in [7, 11) is 2.96. The molecule has 0 amide bonds. The molecule has 0 radical (unpaired) electrons. The van der Waals surface area contributed by atoms with Gasteiger partial charge in [-0.05, 0) is 13.8 Å². The van der Waals surface area contributed by atoms with Gasteiger partial charge < -0.3 is 29.2 Å². The fourth-order valence-electron chi connectivity index (χ4n) is 1.99. The Balaban J connectivity index is 2.69. The number of aliphatic hydroxyl groups excluding tert-OH is 2. The highest BCUT2D eigenvalue weighted by atomic mass is 16.8. The van der Waals surface area contributed by atoms with E-state index in [9.17, 15) is 5.11 Å². The monoisotopic (exact) mass is 250 g/mol. The predicted octanol–water partition coefficient (Wildman–Crippen LogP) is -0.479. The van der Waals surface area contributed by atoms with E-state index in [4.69, 9.17) is 24.1 Å². The van der Waals surface area contributed by atoms with Crippen LogP contribution in [0, 0.1) is 0 Å². The maximum Gasteiger partial charge on any atom is 0.163 e. The molecule has 0 aliphatic carbocycles. The molecule has 4 atom stereocenters. The van der Waals surface area contributed by atoms with Crippen LogP contribution in [0.1, 0.15) is 13.8 Å². The minimum absolute atomic E-state index is 0.332. The average molecular weight is 250 g/mol. The fraction of sp³-hybridized carbons (Fsp3) is 1.00. The van der Waals surface area contributed by atoms with Gasteiger partial charge in [0.25, 0.3) is 0 Å². The zero-order chi connectivity index (χ0) is 13.1. The summed E-state index contributed by atoms with van der Waals surface area (Å²) in [5.74, 6) is -0.663. The molecule has 2 N–H and O–H groups in total. The van der Waals surface area contributed by atoms with Gasteiger partial charge in [0.15, 0.2) is 5.79 Å². The number of ether oxygens (including phenoxy) is 4. The molecule has 6 heteroatoms. The summed E-state index contributed by atoms with van der Waals surface area (Å²) >= 11 is 0. The van der Waals surface area contributed by atoms with Crippen LogP contribution < -0.4 is 0 Å². The van der Waals surface area contributed by atoms with E-state index in [2.05, 4.69) is 0 Å².